The van der Waals surface area contributed by atoms with Crippen LogP contribution in [0.15, 0.2) is 41.3 Å². The Kier molecular flexibility index (Phi) is 11.8. The summed E-state index contributed by atoms with van der Waals surface area (Å²) in [6.45, 7) is 2.99. The van der Waals surface area contributed by atoms with Gasteiger partial charge in [-0.15, -0.1) is 0 Å². The molecule has 1 atom stereocenters. The normalized spacial score (nSPS) is 22.2. The summed E-state index contributed by atoms with van der Waals surface area (Å²) in [7, 11) is 8.66. The van der Waals surface area contributed by atoms with Gasteiger partial charge in [-0.05, 0) is 99.2 Å². The van der Waals surface area contributed by atoms with Gasteiger partial charge in [-0.25, -0.2) is 4.79 Å². The van der Waals surface area contributed by atoms with Gasteiger partial charge >= 0.3 is 6.03 Å². The van der Waals surface area contributed by atoms with E-state index in [1.807, 2.05) is 18.3 Å². The molecule has 17 nitrogen and oxygen atoms in total. The van der Waals surface area contributed by atoms with Gasteiger partial charge in [-0.1, -0.05) is 6.07 Å². The molecule has 3 aromatic rings. The minimum atomic E-state index is -1.04. The summed E-state index contributed by atoms with van der Waals surface area (Å²) in [5, 5.41) is 8.01. The smallest absolute Gasteiger partial charge is 0.317 e. The third-order valence-corrected chi connectivity index (χ3v) is 13.4. The quantitative estimate of drug-likeness (QED) is 0.141. The number of methoxy groups -OCH3 is 2. The van der Waals surface area contributed by atoms with Crippen molar-refractivity contribution < 1.29 is 43.0 Å². The van der Waals surface area contributed by atoms with E-state index in [1.165, 1.54) is 6.07 Å². The van der Waals surface area contributed by atoms with Crippen LogP contribution in [-0.2, 0) is 40.9 Å². The molecule has 2 bridgehead atoms. The minimum absolute atomic E-state index is 0.0484. The highest BCUT2D eigenvalue weighted by Gasteiger charge is 2.71. The highest BCUT2D eigenvalue weighted by molar-refractivity contribution is 6.24. The lowest BCUT2D eigenvalue weighted by atomic mass is 9.34. The number of ether oxygens (including phenoxy) is 3. The fourth-order valence-electron chi connectivity index (χ4n) is 10.6. The number of carbonyl (C=O) groups excluding carboxylic acids is 6. The molecule has 3 N–H and O–H groups in total. The van der Waals surface area contributed by atoms with Crippen LogP contribution in [0.3, 0.4) is 0 Å². The molecule has 7 amide bonds. The number of imide groups is 2. The van der Waals surface area contributed by atoms with Crippen molar-refractivity contribution >= 4 is 35.6 Å². The van der Waals surface area contributed by atoms with Crippen molar-refractivity contribution in [2.24, 2.45) is 17.9 Å². The van der Waals surface area contributed by atoms with Crippen molar-refractivity contribution in [3.05, 3.63) is 74.7 Å². The predicted octanol–water partition coefficient (Wildman–Crippen LogP) is 3.14. The number of urea groups is 1. The second-order valence-corrected chi connectivity index (χ2v) is 17.8. The number of piperidine rings is 1. The topological polar surface area (TPSA) is 198 Å². The standard InChI is InChI=1S/C46H55N7O10/c1-47-44(60)52-16-14-28-30(21-51(3)40(56)31(28)22-52)27-18-35(61-4)32(36(19-27)62-5)20-50(2)26-45-23-46(24-45,25-45)43(59)48-15-7-6-8-17-63-34-11-9-10-29-38(34)42(58)53(41(29)57)33-12-13-37(54)49-39(33)55/h9-11,18-19,21,33H,6-8,12-17,20,22-26H2,1-5H3,(H,47,60)(H,48,59)(H,49,54,55). The van der Waals surface area contributed by atoms with Crippen LogP contribution in [0.1, 0.15) is 88.8 Å². The van der Waals surface area contributed by atoms with Crippen LogP contribution in [-0.4, -0.2) is 115 Å². The Hall–Kier alpha value is -6.23. The van der Waals surface area contributed by atoms with Gasteiger partial charge in [0, 0.05) is 64.0 Å². The summed E-state index contributed by atoms with van der Waals surface area (Å²) < 4.78 is 19.4. The molecule has 9 rings (SSSR count). The van der Waals surface area contributed by atoms with E-state index in [4.69, 9.17) is 14.2 Å². The van der Waals surface area contributed by atoms with Crippen LogP contribution in [0.4, 0.5) is 4.79 Å². The van der Waals surface area contributed by atoms with Gasteiger partial charge in [0.25, 0.3) is 17.4 Å². The fraction of sp³-hybridized carbons (Fsp3) is 0.500. The van der Waals surface area contributed by atoms with Crippen LogP contribution in [0.5, 0.6) is 17.2 Å². The molecule has 0 spiro atoms. The molecule has 2 aromatic carbocycles. The van der Waals surface area contributed by atoms with Crippen LogP contribution in [0, 0.1) is 10.8 Å². The van der Waals surface area contributed by atoms with E-state index < -0.39 is 29.7 Å². The summed E-state index contributed by atoms with van der Waals surface area (Å²) >= 11 is 0. The van der Waals surface area contributed by atoms with Gasteiger partial charge in [-0.2, -0.15) is 0 Å². The second-order valence-electron chi connectivity index (χ2n) is 17.8. The molecule has 4 heterocycles. The van der Waals surface area contributed by atoms with E-state index in [0.717, 1.165) is 65.8 Å². The maximum Gasteiger partial charge on any atom is 0.317 e. The first-order chi connectivity index (χ1) is 30.2. The van der Waals surface area contributed by atoms with E-state index in [9.17, 15) is 33.6 Å². The molecule has 17 heteroatoms. The van der Waals surface area contributed by atoms with Crippen LogP contribution in [0.2, 0.25) is 0 Å². The molecule has 1 saturated heterocycles. The van der Waals surface area contributed by atoms with Gasteiger partial charge in [0.1, 0.15) is 23.3 Å². The minimum Gasteiger partial charge on any atom is -0.496 e. The maximum absolute atomic E-state index is 13.3. The molecular formula is C46H55N7O10. The lowest BCUT2D eigenvalue weighted by Gasteiger charge is -2.70. The Morgan fingerprint density at radius 1 is 0.921 bits per heavy atom. The Bertz CT molecular complexity index is 2420. The Balaban J connectivity index is 0.794. The van der Waals surface area contributed by atoms with E-state index in [-0.39, 0.29) is 64.6 Å². The van der Waals surface area contributed by atoms with Crippen molar-refractivity contribution in [2.45, 2.75) is 76.9 Å². The fourth-order valence-corrected chi connectivity index (χ4v) is 10.6. The van der Waals surface area contributed by atoms with Crippen molar-refractivity contribution in [2.75, 3.05) is 54.6 Å². The summed E-state index contributed by atoms with van der Waals surface area (Å²) in [6.07, 6.45) is 7.27. The summed E-state index contributed by atoms with van der Waals surface area (Å²) in [6, 6.07) is 7.53. The molecule has 334 valence electrons. The molecular weight excluding hydrogens is 811 g/mol. The van der Waals surface area contributed by atoms with Crippen molar-refractivity contribution in [3.8, 4) is 28.4 Å². The molecule has 1 aromatic heterocycles. The number of carbonyl (C=O) groups is 6. The first-order valence-corrected chi connectivity index (χ1v) is 21.6. The first-order valence-electron chi connectivity index (χ1n) is 21.6. The van der Waals surface area contributed by atoms with E-state index in [2.05, 4.69) is 27.9 Å². The summed E-state index contributed by atoms with van der Waals surface area (Å²) in [5.41, 5.74) is 4.17. The summed E-state index contributed by atoms with van der Waals surface area (Å²) in [4.78, 5) is 94.2. The monoisotopic (exact) mass is 865 g/mol. The number of hydrogen-bond donors (Lipinski definition) is 3. The number of aromatic nitrogens is 1. The third kappa shape index (κ3) is 7.91. The lowest BCUT2D eigenvalue weighted by molar-refractivity contribution is -0.213. The Morgan fingerprint density at radius 3 is 2.33 bits per heavy atom. The number of amides is 7. The zero-order chi connectivity index (χ0) is 44.8. The SMILES string of the molecule is CNC(=O)N1CCc2c(-c3cc(OC)c(CN(C)CC45CC(C(=O)NCCCCCOc6cccc7c6C(=O)N(C6CCC(=O)NC6=O)C7=O)(C4)C5)c(OC)c3)cn(C)c(=O)c2C1. The number of benzene rings is 2. The first kappa shape index (κ1) is 43.4. The molecule has 0 radical (unpaired) electrons. The van der Waals surface area contributed by atoms with Crippen LogP contribution < -0.4 is 35.7 Å². The molecule has 3 aliphatic heterocycles. The Labute approximate surface area is 365 Å². The van der Waals surface area contributed by atoms with Crippen molar-refractivity contribution in [3.63, 3.8) is 0 Å². The largest absolute Gasteiger partial charge is 0.496 e. The number of unbranched alkanes of at least 4 members (excludes halogenated alkanes) is 2. The Morgan fingerprint density at radius 2 is 1.65 bits per heavy atom. The van der Waals surface area contributed by atoms with E-state index in [0.29, 0.717) is 56.1 Å². The van der Waals surface area contributed by atoms with Gasteiger partial charge < -0.3 is 39.2 Å². The van der Waals surface area contributed by atoms with Gasteiger partial charge in [0.2, 0.25) is 17.7 Å². The number of aryl methyl sites for hydroxylation is 1. The van der Waals surface area contributed by atoms with E-state index >= 15 is 0 Å². The van der Waals surface area contributed by atoms with E-state index in [1.54, 1.807) is 49.9 Å². The van der Waals surface area contributed by atoms with Gasteiger partial charge in [0.15, 0.2) is 0 Å². The number of nitrogens with one attached hydrogen (secondary N) is 3. The number of rotatable bonds is 16. The molecule has 3 aliphatic carbocycles. The molecule has 6 aliphatic rings. The second kappa shape index (κ2) is 17.1. The number of fused-ring (bicyclic) bond motifs is 2. The van der Waals surface area contributed by atoms with Gasteiger partial charge in [0.05, 0.1) is 49.5 Å². The third-order valence-electron chi connectivity index (χ3n) is 13.4. The number of nitrogens with zero attached hydrogens (tertiary/aromatic N) is 4. The van der Waals surface area contributed by atoms with Crippen LogP contribution >= 0.6 is 0 Å². The van der Waals surface area contributed by atoms with Crippen molar-refractivity contribution in [1.29, 1.82) is 0 Å². The zero-order valence-corrected chi connectivity index (χ0v) is 36.5. The number of hydrogen-bond acceptors (Lipinski definition) is 11. The number of pyridine rings is 1. The molecule has 1 unspecified atom stereocenters. The predicted molar refractivity (Wildman–Crippen MR) is 229 cm³/mol. The highest BCUT2D eigenvalue weighted by atomic mass is 16.5. The molecule has 4 fully saturated rings. The lowest BCUT2D eigenvalue weighted by Crippen LogP contribution is -2.70. The molecule has 3 saturated carbocycles. The highest BCUT2D eigenvalue weighted by Crippen LogP contribution is 2.73. The average molecular weight is 866 g/mol. The average Bonchev–Trinajstić information content (AvgIpc) is 3.50. The van der Waals surface area contributed by atoms with Crippen molar-refractivity contribution in [1.82, 2.24) is 35.2 Å². The summed E-state index contributed by atoms with van der Waals surface area (Å²) in [5.74, 6) is -0.528. The maximum atomic E-state index is 13.3. The molecule has 63 heavy (non-hydrogen) atoms. The zero-order valence-electron chi connectivity index (χ0n) is 36.5. The van der Waals surface area contributed by atoms with Gasteiger partial charge in [-0.3, -0.25) is 39.0 Å². The van der Waals surface area contributed by atoms with Crippen LogP contribution in [0.25, 0.3) is 11.1 Å².